The molecule has 1 aromatic carbocycles. The Morgan fingerprint density at radius 3 is 2.50 bits per heavy atom. The minimum atomic E-state index is -0.689. The SMILES string of the molecule is Fc1cc(F)cc(-c2nc(N3CCNC4(COC4)C3)nc(-n3cccn3)n2)c1. The monoisotopic (exact) mass is 385 g/mol. The highest BCUT2D eigenvalue weighted by atomic mass is 19.1. The van der Waals surface area contributed by atoms with Gasteiger partial charge in [0, 0.05) is 43.7 Å². The van der Waals surface area contributed by atoms with Crippen molar-refractivity contribution in [1.29, 1.82) is 0 Å². The van der Waals surface area contributed by atoms with Gasteiger partial charge in [-0.2, -0.15) is 20.1 Å². The van der Waals surface area contributed by atoms with Crippen molar-refractivity contribution < 1.29 is 13.5 Å². The van der Waals surface area contributed by atoms with Crippen molar-refractivity contribution in [3.05, 3.63) is 48.3 Å². The van der Waals surface area contributed by atoms with E-state index in [4.69, 9.17) is 4.74 Å². The van der Waals surface area contributed by atoms with E-state index in [0.29, 0.717) is 32.3 Å². The van der Waals surface area contributed by atoms with Crippen molar-refractivity contribution in [2.45, 2.75) is 5.54 Å². The van der Waals surface area contributed by atoms with E-state index >= 15 is 0 Å². The van der Waals surface area contributed by atoms with Crippen LogP contribution in [-0.4, -0.2) is 63.1 Å². The quantitative estimate of drug-likeness (QED) is 0.725. The first-order valence-electron chi connectivity index (χ1n) is 8.91. The number of benzene rings is 1. The van der Waals surface area contributed by atoms with Crippen LogP contribution in [0.2, 0.25) is 0 Å². The molecule has 2 aliphatic heterocycles. The average molecular weight is 385 g/mol. The Kier molecular flexibility index (Phi) is 4.02. The lowest BCUT2D eigenvalue weighted by Crippen LogP contribution is -2.70. The fourth-order valence-electron chi connectivity index (χ4n) is 3.47. The molecule has 0 atom stereocenters. The first-order valence-corrected chi connectivity index (χ1v) is 8.91. The summed E-state index contributed by atoms with van der Waals surface area (Å²) in [6.07, 6.45) is 3.31. The summed E-state index contributed by atoms with van der Waals surface area (Å²) in [5.74, 6) is -0.470. The van der Waals surface area contributed by atoms with Gasteiger partial charge in [-0.3, -0.25) is 0 Å². The number of ether oxygens (including phenoxy) is 1. The fraction of sp³-hybridized carbons (Fsp3) is 0.333. The highest BCUT2D eigenvalue weighted by Gasteiger charge is 2.42. The normalized spacial score (nSPS) is 18.3. The minimum absolute atomic E-state index is 0.109. The second-order valence-corrected chi connectivity index (χ2v) is 6.99. The molecule has 4 heterocycles. The number of anilines is 1. The van der Waals surface area contributed by atoms with Crippen molar-refractivity contribution in [2.24, 2.45) is 0 Å². The van der Waals surface area contributed by atoms with E-state index in [2.05, 4.69) is 25.4 Å². The molecule has 144 valence electrons. The van der Waals surface area contributed by atoms with Gasteiger partial charge in [0.05, 0.1) is 18.8 Å². The summed E-state index contributed by atoms with van der Waals surface area (Å²) < 4.78 is 34.3. The molecule has 0 bridgehead atoms. The average Bonchev–Trinajstić information content (AvgIpc) is 3.21. The van der Waals surface area contributed by atoms with Gasteiger partial charge in [0.2, 0.25) is 5.95 Å². The van der Waals surface area contributed by atoms with Gasteiger partial charge in [-0.15, -0.1) is 0 Å². The molecule has 3 aromatic rings. The van der Waals surface area contributed by atoms with E-state index in [1.807, 2.05) is 4.90 Å². The summed E-state index contributed by atoms with van der Waals surface area (Å²) in [4.78, 5) is 15.5. The molecule has 0 aliphatic carbocycles. The Morgan fingerprint density at radius 2 is 1.82 bits per heavy atom. The standard InChI is InChI=1S/C18H17F2N7O/c19-13-6-12(7-14(20)8-13)15-23-16(25-17(24-15)27-4-1-2-22-27)26-5-3-21-18(9-26)10-28-11-18/h1-2,4,6-8,21H,3,5,9-11H2. The van der Waals surface area contributed by atoms with E-state index < -0.39 is 11.6 Å². The molecule has 28 heavy (non-hydrogen) atoms. The molecule has 0 radical (unpaired) electrons. The summed E-state index contributed by atoms with van der Waals surface area (Å²) in [7, 11) is 0. The van der Waals surface area contributed by atoms with Crippen LogP contribution in [0.1, 0.15) is 0 Å². The van der Waals surface area contributed by atoms with E-state index in [1.165, 1.54) is 16.8 Å². The molecule has 2 saturated heterocycles. The Morgan fingerprint density at radius 1 is 1.04 bits per heavy atom. The van der Waals surface area contributed by atoms with E-state index in [0.717, 1.165) is 12.6 Å². The molecule has 2 aromatic heterocycles. The fourth-order valence-corrected chi connectivity index (χ4v) is 3.47. The highest BCUT2D eigenvalue weighted by molar-refractivity contribution is 5.57. The van der Waals surface area contributed by atoms with Gasteiger partial charge in [-0.05, 0) is 18.2 Å². The maximum Gasteiger partial charge on any atom is 0.255 e. The predicted molar refractivity (Wildman–Crippen MR) is 96.1 cm³/mol. The Labute approximate surface area is 159 Å². The summed E-state index contributed by atoms with van der Waals surface area (Å²) in [6.45, 7) is 3.38. The molecule has 8 nitrogen and oxygen atoms in total. The zero-order valence-electron chi connectivity index (χ0n) is 14.8. The molecule has 2 fully saturated rings. The third kappa shape index (κ3) is 3.10. The first kappa shape index (κ1) is 17.1. The van der Waals surface area contributed by atoms with Crippen LogP contribution in [0.4, 0.5) is 14.7 Å². The van der Waals surface area contributed by atoms with Gasteiger partial charge in [0.25, 0.3) is 5.95 Å². The van der Waals surface area contributed by atoms with E-state index in [9.17, 15) is 8.78 Å². The lowest BCUT2D eigenvalue weighted by atomic mass is 9.95. The number of hydrogen-bond donors (Lipinski definition) is 1. The summed E-state index contributed by atoms with van der Waals surface area (Å²) in [5, 5.41) is 7.64. The predicted octanol–water partition coefficient (Wildman–Crippen LogP) is 1.18. The molecule has 1 spiro atoms. The minimum Gasteiger partial charge on any atom is -0.377 e. The van der Waals surface area contributed by atoms with Gasteiger partial charge < -0.3 is 15.0 Å². The van der Waals surface area contributed by atoms with Gasteiger partial charge in [0.15, 0.2) is 5.82 Å². The van der Waals surface area contributed by atoms with Crippen molar-refractivity contribution in [2.75, 3.05) is 37.7 Å². The van der Waals surface area contributed by atoms with Crippen LogP contribution in [0.5, 0.6) is 0 Å². The van der Waals surface area contributed by atoms with Crippen LogP contribution in [0.15, 0.2) is 36.7 Å². The van der Waals surface area contributed by atoms with Gasteiger partial charge in [0.1, 0.15) is 11.6 Å². The lowest BCUT2D eigenvalue weighted by molar-refractivity contribution is -0.0744. The third-order valence-electron chi connectivity index (χ3n) is 4.86. The van der Waals surface area contributed by atoms with Crippen LogP contribution in [0.3, 0.4) is 0 Å². The maximum atomic E-state index is 13.7. The summed E-state index contributed by atoms with van der Waals surface area (Å²) >= 11 is 0. The lowest BCUT2D eigenvalue weighted by Gasteiger charge is -2.48. The number of nitrogens with zero attached hydrogens (tertiary/aromatic N) is 6. The second-order valence-electron chi connectivity index (χ2n) is 6.99. The molecular weight excluding hydrogens is 368 g/mol. The molecule has 0 amide bonds. The van der Waals surface area contributed by atoms with Crippen LogP contribution in [0.25, 0.3) is 17.3 Å². The maximum absolute atomic E-state index is 13.7. The molecule has 0 saturated carbocycles. The smallest absolute Gasteiger partial charge is 0.255 e. The highest BCUT2D eigenvalue weighted by Crippen LogP contribution is 2.26. The number of hydrogen-bond acceptors (Lipinski definition) is 7. The van der Waals surface area contributed by atoms with Gasteiger partial charge in [-0.1, -0.05) is 0 Å². The summed E-state index contributed by atoms with van der Waals surface area (Å²) in [6, 6.07) is 4.97. The van der Waals surface area contributed by atoms with Gasteiger partial charge >= 0.3 is 0 Å². The van der Waals surface area contributed by atoms with Crippen LogP contribution in [-0.2, 0) is 4.74 Å². The van der Waals surface area contributed by atoms with Crippen LogP contribution in [0, 0.1) is 11.6 Å². The van der Waals surface area contributed by atoms with Crippen molar-refractivity contribution in [3.8, 4) is 17.3 Å². The Balaban J connectivity index is 1.59. The number of halogens is 2. The first-order chi connectivity index (χ1) is 13.6. The zero-order chi connectivity index (χ0) is 19.1. The number of nitrogens with one attached hydrogen (secondary N) is 1. The molecule has 1 N–H and O–H groups in total. The van der Waals surface area contributed by atoms with Crippen LogP contribution < -0.4 is 10.2 Å². The Hall–Kier alpha value is -2.98. The van der Waals surface area contributed by atoms with E-state index in [-0.39, 0.29) is 22.9 Å². The molecular formula is C18H17F2N7O. The van der Waals surface area contributed by atoms with Gasteiger partial charge in [-0.25, -0.2) is 13.5 Å². The topological polar surface area (TPSA) is 81.0 Å². The zero-order valence-corrected chi connectivity index (χ0v) is 14.8. The van der Waals surface area contributed by atoms with Crippen molar-refractivity contribution >= 4 is 5.95 Å². The second kappa shape index (κ2) is 6.57. The largest absolute Gasteiger partial charge is 0.377 e. The van der Waals surface area contributed by atoms with Crippen molar-refractivity contribution in [3.63, 3.8) is 0 Å². The van der Waals surface area contributed by atoms with Crippen molar-refractivity contribution in [1.82, 2.24) is 30.0 Å². The summed E-state index contributed by atoms with van der Waals surface area (Å²) in [5.41, 5.74) is 0.133. The molecule has 10 heteroatoms. The molecule has 0 unspecified atom stereocenters. The molecule has 2 aliphatic rings. The third-order valence-corrected chi connectivity index (χ3v) is 4.86. The van der Waals surface area contributed by atoms with Crippen LogP contribution >= 0.6 is 0 Å². The number of aromatic nitrogens is 5. The van der Waals surface area contributed by atoms with E-state index in [1.54, 1.807) is 18.5 Å². The number of rotatable bonds is 3. The molecule has 5 rings (SSSR count). The number of piperazine rings is 1. The Bertz CT molecular complexity index is 987.